The maximum Gasteiger partial charge on any atom is 0.301 e. The van der Waals surface area contributed by atoms with Gasteiger partial charge in [0.15, 0.2) is 5.13 Å². The van der Waals surface area contributed by atoms with E-state index >= 15 is 0 Å². The van der Waals surface area contributed by atoms with Crippen LogP contribution in [0.4, 0.5) is 5.13 Å². The number of aliphatic hydroxyl groups excluding tert-OH is 1. The highest BCUT2D eigenvalue weighted by Gasteiger charge is 2.48. The summed E-state index contributed by atoms with van der Waals surface area (Å²) in [7, 11) is 0. The molecule has 0 spiro atoms. The van der Waals surface area contributed by atoms with Gasteiger partial charge in [-0.1, -0.05) is 17.7 Å². The summed E-state index contributed by atoms with van der Waals surface area (Å²) in [4.78, 5) is 35.4. The molecule has 6 nitrogen and oxygen atoms in total. The van der Waals surface area contributed by atoms with E-state index in [4.69, 9.17) is 0 Å². The molecule has 1 N–H and O–H groups in total. The van der Waals surface area contributed by atoms with Crippen LogP contribution < -0.4 is 4.90 Å². The lowest BCUT2D eigenvalue weighted by Crippen LogP contribution is -2.29. The number of nitrogens with zero attached hydrogens (tertiary/aromatic N) is 3. The molecule has 3 aromatic rings. The Labute approximate surface area is 165 Å². The number of aromatic nitrogens is 2. The predicted molar refractivity (Wildman–Crippen MR) is 107 cm³/mol. The fourth-order valence-corrected chi connectivity index (χ4v) is 4.03. The summed E-state index contributed by atoms with van der Waals surface area (Å²) in [5.41, 5.74) is 3.03. The first-order valence-corrected chi connectivity index (χ1v) is 9.55. The number of anilines is 1. The molecule has 0 radical (unpaired) electrons. The number of thiazole rings is 1. The van der Waals surface area contributed by atoms with Gasteiger partial charge in [-0.2, -0.15) is 0 Å². The molecule has 28 heavy (non-hydrogen) atoms. The zero-order valence-corrected chi connectivity index (χ0v) is 16.1. The zero-order chi connectivity index (χ0) is 19.8. The van der Waals surface area contributed by atoms with E-state index in [1.54, 1.807) is 36.1 Å². The summed E-state index contributed by atoms with van der Waals surface area (Å²) in [6, 6.07) is 8.31. The number of carbonyl (C=O) groups excluding carboxylic acids is 2. The lowest BCUT2D eigenvalue weighted by atomic mass is 9.94. The number of hydrogen-bond acceptors (Lipinski definition) is 6. The summed E-state index contributed by atoms with van der Waals surface area (Å²) in [5.74, 6) is -1.61. The fraction of sp³-hybridized carbons (Fsp3) is 0.143. The van der Waals surface area contributed by atoms with Crippen molar-refractivity contribution in [3.63, 3.8) is 0 Å². The molecular formula is C21H17N3O3S. The van der Waals surface area contributed by atoms with Gasteiger partial charge in [0, 0.05) is 29.5 Å². The van der Waals surface area contributed by atoms with Crippen LogP contribution in [0, 0.1) is 13.8 Å². The van der Waals surface area contributed by atoms with Crippen molar-refractivity contribution in [2.24, 2.45) is 0 Å². The second-order valence-corrected chi connectivity index (χ2v) is 7.46. The topological polar surface area (TPSA) is 83.4 Å². The third kappa shape index (κ3) is 2.90. The standard InChI is InChI=1S/C21H17N3O3S/c1-12-3-4-13(2)15(11-12)18(25)16-17(14-5-7-22-8-6-14)24(20(27)19(16)26)21-23-9-10-28-21/h3-11,17,25H,1-2H3/b18-16-. The van der Waals surface area contributed by atoms with Gasteiger partial charge in [0.25, 0.3) is 5.78 Å². The van der Waals surface area contributed by atoms with Gasteiger partial charge in [0.1, 0.15) is 5.76 Å². The summed E-state index contributed by atoms with van der Waals surface area (Å²) < 4.78 is 0. The minimum atomic E-state index is -0.769. The number of aryl methyl sites for hydroxylation is 2. The van der Waals surface area contributed by atoms with E-state index < -0.39 is 17.7 Å². The van der Waals surface area contributed by atoms with Crippen LogP contribution in [0.5, 0.6) is 0 Å². The number of rotatable bonds is 3. The Bertz CT molecular complexity index is 1090. The number of hydrogen-bond donors (Lipinski definition) is 1. The molecule has 1 aliphatic rings. The summed E-state index contributed by atoms with van der Waals surface area (Å²) in [6.45, 7) is 3.76. The first-order valence-electron chi connectivity index (χ1n) is 8.67. The molecule has 3 heterocycles. The maximum absolute atomic E-state index is 13.0. The SMILES string of the molecule is Cc1ccc(C)c(/C(O)=C2/C(=O)C(=O)N(c3nccs3)C2c2ccncc2)c1. The van der Waals surface area contributed by atoms with Crippen molar-refractivity contribution in [3.8, 4) is 0 Å². The van der Waals surface area contributed by atoms with Crippen LogP contribution >= 0.6 is 11.3 Å². The molecule has 7 heteroatoms. The first-order chi connectivity index (χ1) is 13.5. The highest BCUT2D eigenvalue weighted by atomic mass is 32.1. The highest BCUT2D eigenvalue weighted by molar-refractivity contribution is 7.14. The second kappa shape index (κ2) is 7.01. The van der Waals surface area contributed by atoms with Crippen LogP contribution in [0.1, 0.15) is 28.3 Å². The van der Waals surface area contributed by atoms with Crippen molar-refractivity contribution < 1.29 is 14.7 Å². The molecule has 1 aromatic carbocycles. The van der Waals surface area contributed by atoms with E-state index in [0.29, 0.717) is 16.3 Å². The third-order valence-corrected chi connectivity index (χ3v) is 5.51. The van der Waals surface area contributed by atoms with Crippen molar-refractivity contribution in [2.45, 2.75) is 19.9 Å². The molecular weight excluding hydrogens is 374 g/mol. The molecule has 1 aliphatic heterocycles. The molecule has 4 rings (SSSR count). The molecule has 0 aliphatic carbocycles. The molecule has 0 bridgehead atoms. The normalized spacial score (nSPS) is 18.6. The van der Waals surface area contributed by atoms with Gasteiger partial charge in [-0.3, -0.25) is 19.5 Å². The number of carbonyl (C=O) groups is 2. The van der Waals surface area contributed by atoms with Crippen LogP contribution in [0.15, 0.2) is 59.9 Å². The van der Waals surface area contributed by atoms with E-state index in [1.165, 1.54) is 16.2 Å². The Morgan fingerprint density at radius 2 is 1.86 bits per heavy atom. The van der Waals surface area contributed by atoms with Crippen molar-refractivity contribution in [1.29, 1.82) is 0 Å². The van der Waals surface area contributed by atoms with Gasteiger partial charge in [0.05, 0.1) is 11.6 Å². The van der Waals surface area contributed by atoms with Gasteiger partial charge < -0.3 is 5.11 Å². The van der Waals surface area contributed by atoms with Gasteiger partial charge in [-0.05, 0) is 43.2 Å². The monoisotopic (exact) mass is 391 g/mol. The van der Waals surface area contributed by atoms with E-state index in [2.05, 4.69) is 9.97 Å². The Morgan fingerprint density at radius 1 is 1.11 bits per heavy atom. The van der Waals surface area contributed by atoms with Gasteiger partial charge >= 0.3 is 5.91 Å². The minimum absolute atomic E-state index is 0.0556. The van der Waals surface area contributed by atoms with Crippen LogP contribution in [0.25, 0.3) is 5.76 Å². The number of ketones is 1. The lowest BCUT2D eigenvalue weighted by molar-refractivity contribution is -0.132. The highest BCUT2D eigenvalue weighted by Crippen LogP contribution is 2.42. The summed E-state index contributed by atoms with van der Waals surface area (Å²) >= 11 is 1.26. The van der Waals surface area contributed by atoms with Crippen LogP contribution in [-0.4, -0.2) is 26.8 Å². The molecule has 0 saturated carbocycles. The van der Waals surface area contributed by atoms with Crippen molar-refractivity contribution in [1.82, 2.24) is 9.97 Å². The quantitative estimate of drug-likeness (QED) is 0.417. The zero-order valence-electron chi connectivity index (χ0n) is 15.3. The fourth-order valence-electron chi connectivity index (χ4n) is 3.36. The maximum atomic E-state index is 13.0. The van der Waals surface area contributed by atoms with Crippen molar-refractivity contribution in [2.75, 3.05) is 4.90 Å². The third-order valence-electron chi connectivity index (χ3n) is 4.74. The Morgan fingerprint density at radius 3 is 2.54 bits per heavy atom. The van der Waals surface area contributed by atoms with Crippen LogP contribution in [0.2, 0.25) is 0 Å². The number of benzene rings is 1. The molecule has 1 amide bonds. The molecule has 1 fully saturated rings. The average molecular weight is 391 g/mol. The Hall–Kier alpha value is -3.32. The molecule has 1 unspecified atom stereocenters. The van der Waals surface area contributed by atoms with E-state index in [0.717, 1.165) is 11.1 Å². The molecule has 2 aromatic heterocycles. The van der Waals surface area contributed by atoms with Crippen LogP contribution in [0.3, 0.4) is 0 Å². The van der Waals surface area contributed by atoms with E-state index in [1.807, 2.05) is 32.0 Å². The van der Waals surface area contributed by atoms with Crippen LogP contribution in [-0.2, 0) is 9.59 Å². The second-order valence-electron chi connectivity index (χ2n) is 6.58. The summed E-state index contributed by atoms with van der Waals surface area (Å²) in [6.07, 6.45) is 4.76. The number of amides is 1. The smallest absolute Gasteiger partial charge is 0.301 e. The first kappa shape index (κ1) is 18.1. The molecule has 1 saturated heterocycles. The summed E-state index contributed by atoms with van der Waals surface area (Å²) in [5, 5.41) is 13.3. The largest absolute Gasteiger partial charge is 0.507 e. The molecule has 1 atom stereocenters. The van der Waals surface area contributed by atoms with Crippen molar-refractivity contribution >= 4 is 33.9 Å². The number of Topliss-reactive ketones (excluding diaryl/α,β-unsaturated/α-hetero) is 1. The average Bonchev–Trinajstić information content (AvgIpc) is 3.31. The minimum Gasteiger partial charge on any atom is -0.507 e. The molecule has 140 valence electrons. The van der Waals surface area contributed by atoms with E-state index in [-0.39, 0.29) is 11.3 Å². The van der Waals surface area contributed by atoms with Gasteiger partial charge in [0.2, 0.25) is 0 Å². The number of pyridine rings is 1. The lowest BCUT2D eigenvalue weighted by Gasteiger charge is -2.23. The van der Waals surface area contributed by atoms with Crippen molar-refractivity contribution in [3.05, 3.63) is 82.1 Å². The Kier molecular flexibility index (Phi) is 4.52. The predicted octanol–water partition coefficient (Wildman–Crippen LogP) is 3.78. The van der Waals surface area contributed by atoms with E-state index in [9.17, 15) is 14.7 Å². The number of aliphatic hydroxyl groups is 1. The Balaban J connectivity index is 1.97. The van der Waals surface area contributed by atoms with Gasteiger partial charge in [-0.15, -0.1) is 11.3 Å². The van der Waals surface area contributed by atoms with Gasteiger partial charge in [-0.25, -0.2) is 4.98 Å².